The first kappa shape index (κ1) is 8.95. The van der Waals surface area contributed by atoms with Crippen molar-refractivity contribution in [2.75, 3.05) is 0 Å². The molecule has 0 spiro atoms. The molecule has 0 amide bonds. The predicted molar refractivity (Wildman–Crippen MR) is 20.9 cm³/mol. The van der Waals surface area contributed by atoms with E-state index >= 15 is 0 Å². The van der Waals surface area contributed by atoms with Crippen molar-refractivity contribution < 1.29 is 13.4 Å². The van der Waals surface area contributed by atoms with Crippen LogP contribution >= 0.6 is 9.90 Å². The zero-order valence-electron chi connectivity index (χ0n) is 2.44. The fourth-order valence-corrected chi connectivity index (χ4v) is 0. The van der Waals surface area contributed by atoms with Crippen molar-refractivity contribution in [2.24, 2.45) is 0 Å². The van der Waals surface area contributed by atoms with Crippen molar-refractivity contribution in [3.05, 3.63) is 0 Å². The lowest BCUT2D eigenvalue weighted by Gasteiger charge is -1.49. The molecule has 0 radical (unpaired) electrons. The lowest BCUT2D eigenvalue weighted by Crippen LogP contribution is -1.79. The number of rotatable bonds is 0. The SMILES string of the molecule is O=[Si](O)F.P. The van der Waals surface area contributed by atoms with Gasteiger partial charge in [0, 0.05) is 0 Å². The van der Waals surface area contributed by atoms with E-state index in [-0.39, 0.29) is 9.90 Å². The highest BCUT2D eigenvalue weighted by atomic mass is 31.0. The molecule has 0 aliphatic carbocycles. The van der Waals surface area contributed by atoms with Crippen LogP contribution in [0.5, 0.6) is 0 Å². The van der Waals surface area contributed by atoms with E-state index in [9.17, 15) is 4.11 Å². The van der Waals surface area contributed by atoms with Gasteiger partial charge in [0.2, 0.25) is 0 Å². The summed E-state index contributed by atoms with van der Waals surface area (Å²) in [5.41, 5.74) is 0. The fourth-order valence-electron chi connectivity index (χ4n) is 0. The van der Waals surface area contributed by atoms with Crippen molar-refractivity contribution >= 4 is 19.2 Å². The van der Waals surface area contributed by atoms with Crippen LogP contribution in [-0.2, 0) is 4.46 Å². The number of hydrogen-bond donors (Lipinski definition) is 1. The molecule has 0 fully saturated rings. The first-order valence-corrected chi connectivity index (χ1v) is 1.85. The standard InChI is InChI=1S/FHO2Si.H3P/c1-4(2)3;/h2H;1H3. The summed E-state index contributed by atoms with van der Waals surface area (Å²) in [6, 6.07) is 0. The third-order valence-corrected chi connectivity index (χ3v) is 0. The van der Waals surface area contributed by atoms with Crippen LogP contribution in [0.1, 0.15) is 0 Å². The average molecular weight is 114 g/mol. The van der Waals surface area contributed by atoms with E-state index in [1.54, 1.807) is 0 Å². The summed E-state index contributed by atoms with van der Waals surface area (Å²) in [5.74, 6) is 0. The van der Waals surface area contributed by atoms with Crippen LogP contribution in [0.4, 0.5) is 4.11 Å². The second kappa shape index (κ2) is 4.18. The van der Waals surface area contributed by atoms with E-state index in [1.165, 1.54) is 0 Å². The summed E-state index contributed by atoms with van der Waals surface area (Å²) in [5, 5.41) is 0. The molecule has 0 saturated carbocycles. The maximum absolute atomic E-state index is 10.1. The summed E-state index contributed by atoms with van der Waals surface area (Å²) in [6.07, 6.45) is 0. The molecule has 5 heavy (non-hydrogen) atoms. The van der Waals surface area contributed by atoms with Crippen molar-refractivity contribution in [3.8, 4) is 0 Å². The molecule has 0 bridgehead atoms. The largest absolute Gasteiger partial charge is 0.734 e. The molecule has 0 aromatic heterocycles. The highest BCUT2D eigenvalue weighted by Crippen LogP contribution is 1.46. The quantitative estimate of drug-likeness (QED) is 0.260. The molecule has 0 aliphatic heterocycles. The molecule has 0 aromatic carbocycles. The Morgan fingerprint density at radius 3 is 1.80 bits per heavy atom. The van der Waals surface area contributed by atoms with E-state index in [4.69, 9.17) is 9.26 Å². The highest BCUT2D eigenvalue weighted by Gasteiger charge is 1.87. The van der Waals surface area contributed by atoms with Gasteiger partial charge >= 0.3 is 9.26 Å². The van der Waals surface area contributed by atoms with Gasteiger partial charge in [-0.1, -0.05) is 0 Å². The Morgan fingerprint density at radius 2 is 1.80 bits per heavy atom. The molecule has 0 aliphatic rings. The van der Waals surface area contributed by atoms with Gasteiger partial charge in [-0.25, -0.2) is 0 Å². The van der Waals surface area contributed by atoms with Gasteiger partial charge in [0.15, 0.2) is 0 Å². The van der Waals surface area contributed by atoms with E-state index in [0.717, 1.165) is 0 Å². The van der Waals surface area contributed by atoms with Crippen LogP contribution in [0.3, 0.4) is 0 Å². The summed E-state index contributed by atoms with van der Waals surface area (Å²) in [6.45, 7) is 0. The van der Waals surface area contributed by atoms with Gasteiger partial charge in [0.25, 0.3) is 0 Å². The summed E-state index contributed by atoms with van der Waals surface area (Å²) in [4.78, 5) is 6.94. The predicted octanol–water partition coefficient (Wildman–Crippen LogP) is -0.578. The van der Waals surface area contributed by atoms with Crippen molar-refractivity contribution in [1.82, 2.24) is 0 Å². The van der Waals surface area contributed by atoms with Gasteiger partial charge in [-0.3, -0.25) is 4.46 Å². The third-order valence-electron chi connectivity index (χ3n) is 0. The molecule has 1 N–H and O–H groups in total. The van der Waals surface area contributed by atoms with E-state index in [0.29, 0.717) is 0 Å². The Labute approximate surface area is 33.6 Å². The van der Waals surface area contributed by atoms with Gasteiger partial charge in [-0.2, -0.15) is 14.0 Å². The van der Waals surface area contributed by atoms with Gasteiger partial charge in [0.05, 0.1) is 0 Å². The minimum absolute atomic E-state index is 0. The Kier molecular flexibility index (Phi) is 7.48. The second-order valence-corrected chi connectivity index (χ2v) is 0.759. The van der Waals surface area contributed by atoms with Crippen LogP contribution in [0.2, 0.25) is 0 Å². The van der Waals surface area contributed by atoms with E-state index < -0.39 is 9.26 Å². The molecule has 0 aromatic rings. The minimum Gasteiger partial charge on any atom is -0.517 e. The zero-order chi connectivity index (χ0) is 3.58. The Balaban J connectivity index is 0. The second-order valence-electron chi connectivity index (χ2n) is 0.253. The van der Waals surface area contributed by atoms with E-state index in [1.807, 2.05) is 0 Å². The minimum atomic E-state index is -3.63. The monoisotopic (exact) mass is 114 g/mol. The molecule has 32 valence electrons. The third kappa shape index (κ3) is 633. The van der Waals surface area contributed by atoms with Crippen LogP contribution < -0.4 is 0 Å². The smallest absolute Gasteiger partial charge is 0.517 e. The molecule has 2 nitrogen and oxygen atoms in total. The molecule has 0 rings (SSSR count). The first-order chi connectivity index (χ1) is 1.73. The zero-order valence-corrected chi connectivity index (χ0v) is 4.85. The van der Waals surface area contributed by atoms with E-state index in [2.05, 4.69) is 0 Å². The molecule has 1 unspecified atom stereocenters. The summed E-state index contributed by atoms with van der Waals surface area (Å²) in [7, 11) is -3.63. The van der Waals surface area contributed by atoms with Crippen LogP contribution in [0.15, 0.2) is 0 Å². The maximum atomic E-state index is 10.1. The van der Waals surface area contributed by atoms with Gasteiger partial charge in [-0.15, -0.1) is 0 Å². The molecule has 0 heterocycles. The molecule has 0 saturated heterocycles. The highest BCUT2D eigenvalue weighted by molar-refractivity contribution is 6.92. The fraction of sp³-hybridized carbons (Fsp3) is 0. The van der Waals surface area contributed by atoms with Gasteiger partial charge in [-0.05, 0) is 0 Å². The molecule has 1 atom stereocenters. The molecular weight excluding hydrogens is 110 g/mol. The van der Waals surface area contributed by atoms with Crippen LogP contribution in [-0.4, -0.2) is 14.1 Å². The Hall–Kier alpha value is 0.177. The first-order valence-electron chi connectivity index (χ1n) is 0.617. The number of halogens is 1. The van der Waals surface area contributed by atoms with Crippen LogP contribution in [0.25, 0.3) is 0 Å². The summed E-state index contributed by atoms with van der Waals surface area (Å²) < 4.78 is 18.6. The molecule has 5 heteroatoms. The molecular formula is H4FO2PSi. The normalized spacial score (nSPS) is 5.00. The average Bonchev–Trinajstić information content (AvgIpc) is 0.811. The lowest BCUT2D eigenvalue weighted by molar-refractivity contribution is 0.390. The van der Waals surface area contributed by atoms with Gasteiger partial charge in [0.1, 0.15) is 0 Å². The van der Waals surface area contributed by atoms with Crippen molar-refractivity contribution in [1.29, 1.82) is 0 Å². The number of hydrogen-bond acceptors (Lipinski definition) is 1. The van der Waals surface area contributed by atoms with Crippen molar-refractivity contribution in [2.45, 2.75) is 0 Å². The topological polar surface area (TPSA) is 37.3 Å². The van der Waals surface area contributed by atoms with Crippen LogP contribution in [0, 0.1) is 0 Å². The Bertz CT molecular complexity index is 32.6. The lowest BCUT2D eigenvalue weighted by atomic mass is 15.9. The van der Waals surface area contributed by atoms with Gasteiger partial charge < -0.3 is 4.80 Å². The van der Waals surface area contributed by atoms with Crippen molar-refractivity contribution in [3.63, 3.8) is 0 Å². The Morgan fingerprint density at radius 1 is 1.80 bits per heavy atom. The maximum Gasteiger partial charge on any atom is 0.734 e. The summed E-state index contributed by atoms with van der Waals surface area (Å²) >= 11 is 0.